The van der Waals surface area contributed by atoms with Crippen LogP contribution < -0.4 is 5.32 Å². The minimum absolute atomic E-state index is 0.0344. The van der Waals surface area contributed by atoms with Crippen LogP contribution in [-0.2, 0) is 26.7 Å². The zero-order chi connectivity index (χ0) is 26.7. The number of nitrogens with zero attached hydrogens (tertiary/aromatic N) is 2. The molecule has 1 N–H and O–H groups in total. The van der Waals surface area contributed by atoms with Crippen molar-refractivity contribution in [3.63, 3.8) is 0 Å². The van der Waals surface area contributed by atoms with Gasteiger partial charge >= 0.3 is 6.18 Å². The van der Waals surface area contributed by atoms with Crippen molar-refractivity contribution in [3.8, 4) is 0 Å². The smallest absolute Gasteiger partial charge is 0.415 e. The number of amides is 1. The van der Waals surface area contributed by atoms with Crippen LogP contribution in [0.4, 0.5) is 19.0 Å². The van der Waals surface area contributed by atoms with Crippen molar-refractivity contribution in [2.24, 2.45) is 5.92 Å². The van der Waals surface area contributed by atoms with E-state index in [1.54, 1.807) is 16.9 Å². The number of hydrogen-bond acceptors (Lipinski definition) is 4. The molecule has 1 saturated carbocycles. The van der Waals surface area contributed by atoms with Gasteiger partial charge in [0.1, 0.15) is 5.78 Å². The number of aromatic nitrogens is 2. The third-order valence-electron chi connectivity index (χ3n) is 7.33. The van der Waals surface area contributed by atoms with Gasteiger partial charge in [-0.25, -0.2) is 0 Å². The molecule has 198 valence electrons. The van der Waals surface area contributed by atoms with E-state index in [0.29, 0.717) is 44.7 Å². The summed E-state index contributed by atoms with van der Waals surface area (Å²) in [6, 6.07) is 6.53. The van der Waals surface area contributed by atoms with Crippen LogP contribution in [0.25, 0.3) is 0 Å². The molecule has 0 saturated heterocycles. The number of carbonyl (C=O) groups excluding carboxylic acids is 2. The average molecular weight is 524 g/mol. The average Bonchev–Trinajstić information content (AvgIpc) is 3.39. The first-order valence-corrected chi connectivity index (χ1v) is 15.2. The summed E-state index contributed by atoms with van der Waals surface area (Å²) in [4.78, 5) is 25.0. The maximum absolute atomic E-state index is 13.3. The lowest BCUT2D eigenvalue weighted by Gasteiger charge is -2.36. The second-order valence-electron chi connectivity index (χ2n) is 11.1. The Bertz CT molecular complexity index is 1080. The molecule has 1 heterocycles. The quantitative estimate of drug-likeness (QED) is 0.386. The Labute approximate surface area is 211 Å². The fourth-order valence-electron chi connectivity index (χ4n) is 4.13. The highest BCUT2D eigenvalue weighted by Crippen LogP contribution is 2.37. The SMILES string of the molecule is CC(C)(C)[Si](C)(C)OCCn1ccc(NC(=O)C(C[C@H]2CCC(=O)C2)c2cccc(C(F)(F)F)c2)n1. The van der Waals surface area contributed by atoms with Gasteiger partial charge in [0.15, 0.2) is 14.1 Å². The Morgan fingerprint density at radius 1 is 1.25 bits per heavy atom. The Morgan fingerprint density at radius 2 is 1.97 bits per heavy atom. The van der Waals surface area contributed by atoms with Crippen LogP contribution in [0, 0.1) is 5.92 Å². The minimum atomic E-state index is -4.51. The molecule has 1 fully saturated rings. The Morgan fingerprint density at radius 3 is 2.58 bits per heavy atom. The van der Waals surface area contributed by atoms with Crippen molar-refractivity contribution < 1.29 is 27.2 Å². The van der Waals surface area contributed by atoms with Gasteiger partial charge < -0.3 is 9.74 Å². The number of hydrogen-bond donors (Lipinski definition) is 1. The fraction of sp³-hybridized carbons (Fsp3) is 0.577. The maximum atomic E-state index is 13.3. The van der Waals surface area contributed by atoms with Gasteiger partial charge in [0, 0.05) is 25.1 Å². The molecule has 6 nitrogen and oxygen atoms in total. The van der Waals surface area contributed by atoms with E-state index in [1.165, 1.54) is 12.1 Å². The summed E-state index contributed by atoms with van der Waals surface area (Å²) in [6.45, 7) is 11.9. The standard InChI is InChI=1S/C26H36F3N3O3Si/c1-25(2,3)36(4,5)35-14-13-32-12-11-23(31-32)30-24(34)22(16-18-9-10-21(33)15-18)19-7-6-8-20(17-19)26(27,28)29/h6-8,11-12,17-18,22H,9-10,13-16H2,1-5H3,(H,30,31,34)/t18-,22?/m0/s1. The normalized spacial score (nSPS) is 17.9. The summed E-state index contributed by atoms with van der Waals surface area (Å²) in [7, 11) is -1.89. The Balaban J connectivity index is 1.70. The van der Waals surface area contributed by atoms with Crippen LogP contribution >= 0.6 is 0 Å². The van der Waals surface area contributed by atoms with Crippen molar-refractivity contribution in [2.75, 3.05) is 11.9 Å². The number of Topliss-reactive ketones (excluding diaryl/α,β-unsaturated/α-hetero) is 1. The summed E-state index contributed by atoms with van der Waals surface area (Å²) in [5, 5.41) is 7.26. The minimum Gasteiger partial charge on any atom is -0.415 e. The van der Waals surface area contributed by atoms with Crippen LogP contribution in [0.5, 0.6) is 0 Å². The van der Waals surface area contributed by atoms with Crippen molar-refractivity contribution in [1.82, 2.24) is 9.78 Å². The molecule has 1 aliphatic rings. The van der Waals surface area contributed by atoms with Gasteiger partial charge in [-0.1, -0.05) is 39.0 Å². The first-order chi connectivity index (χ1) is 16.7. The highest BCUT2D eigenvalue weighted by Gasteiger charge is 2.37. The second-order valence-corrected chi connectivity index (χ2v) is 15.9. The number of rotatable bonds is 9. The lowest BCUT2D eigenvalue weighted by Crippen LogP contribution is -2.41. The Kier molecular flexibility index (Phi) is 8.50. The first-order valence-electron chi connectivity index (χ1n) is 12.3. The van der Waals surface area contributed by atoms with E-state index in [2.05, 4.69) is 44.3 Å². The van der Waals surface area contributed by atoms with Gasteiger partial charge in [0.25, 0.3) is 0 Å². The molecule has 2 aromatic rings. The third kappa shape index (κ3) is 7.28. The van der Waals surface area contributed by atoms with Crippen molar-refractivity contribution in [2.45, 2.75) is 83.2 Å². The van der Waals surface area contributed by atoms with E-state index in [-0.39, 0.29) is 22.3 Å². The van der Waals surface area contributed by atoms with E-state index in [9.17, 15) is 22.8 Å². The molecule has 1 unspecified atom stereocenters. The lowest BCUT2D eigenvalue weighted by molar-refractivity contribution is -0.137. The summed E-state index contributed by atoms with van der Waals surface area (Å²) in [6.07, 6.45) is -1.02. The maximum Gasteiger partial charge on any atom is 0.416 e. The van der Waals surface area contributed by atoms with Crippen LogP contribution in [0.2, 0.25) is 18.1 Å². The topological polar surface area (TPSA) is 73.2 Å². The van der Waals surface area contributed by atoms with Crippen molar-refractivity contribution >= 4 is 25.8 Å². The number of carbonyl (C=O) groups is 2. The number of alkyl halides is 3. The molecule has 36 heavy (non-hydrogen) atoms. The molecular formula is C26H36F3N3O3Si. The summed E-state index contributed by atoms with van der Waals surface area (Å²) in [5.41, 5.74) is -0.518. The first kappa shape index (κ1) is 28.1. The number of halogens is 3. The molecule has 0 bridgehead atoms. The van der Waals surface area contributed by atoms with Gasteiger partial charge in [-0.15, -0.1) is 0 Å². The monoisotopic (exact) mass is 523 g/mol. The van der Waals surface area contributed by atoms with Gasteiger partial charge in [0.2, 0.25) is 5.91 Å². The van der Waals surface area contributed by atoms with E-state index in [0.717, 1.165) is 12.1 Å². The largest absolute Gasteiger partial charge is 0.416 e. The molecule has 3 rings (SSSR count). The second kappa shape index (κ2) is 10.9. The molecule has 1 aromatic heterocycles. The van der Waals surface area contributed by atoms with Crippen LogP contribution in [0.1, 0.15) is 63.5 Å². The van der Waals surface area contributed by atoms with Crippen molar-refractivity contribution in [3.05, 3.63) is 47.7 Å². The summed E-state index contributed by atoms with van der Waals surface area (Å²) >= 11 is 0. The summed E-state index contributed by atoms with van der Waals surface area (Å²) in [5.74, 6) is -0.840. The molecule has 0 spiro atoms. The summed E-state index contributed by atoms with van der Waals surface area (Å²) < 4.78 is 47.8. The predicted octanol–water partition coefficient (Wildman–Crippen LogP) is 6.41. The fourth-order valence-corrected chi connectivity index (χ4v) is 5.16. The molecule has 1 amide bonds. The zero-order valence-electron chi connectivity index (χ0n) is 21.6. The number of anilines is 1. The van der Waals surface area contributed by atoms with Gasteiger partial charge in [0.05, 0.1) is 24.6 Å². The Hall–Kier alpha value is -2.46. The highest BCUT2D eigenvalue weighted by atomic mass is 28.4. The number of benzene rings is 1. The van der Waals surface area contributed by atoms with E-state index >= 15 is 0 Å². The van der Waals surface area contributed by atoms with E-state index < -0.39 is 31.9 Å². The molecule has 1 aliphatic carbocycles. The van der Waals surface area contributed by atoms with Gasteiger partial charge in [-0.2, -0.15) is 18.3 Å². The van der Waals surface area contributed by atoms with Gasteiger partial charge in [-0.05, 0) is 48.5 Å². The highest BCUT2D eigenvalue weighted by molar-refractivity contribution is 6.74. The molecular weight excluding hydrogens is 487 g/mol. The molecule has 2 atom stereocenters. The number of nitrogens with one attached hydrogen (secondary N) is 1. The van der Waals surface area contributed by atoms with Crippen molar-refractivity contribution in [1.29, 1.82) is 0 Å². The van der Waals surface area contributed by atoms with E-state index in [4.69, 9.17) is 4.43 Å². The number of ketones is 1. The van der Waals surface area contributed by atoms with Crippen LogP contribution in [0.3, 0.4) is 0 Å². The molecule has 0 aliphatic heterocycles. The zero-order valence-corrected chi connectivity index (χ0v) is 22.6. The molecule has 1 aromatic carbocycles. The molecule has 0 radical (unpaired) electrons. The lowest BCUT2D eigenvalue weighted by atomic mass is 9.86. The van der Waals surface area contributed by atoms with Gasteiger partial charge in [-0.3, -0.25) is 14.3 Å². The predicted molar refractivity (Wildman–Crippen MR) is 135 cm³/mol. The van der Waals surface area contributed by atoms with Crippen LogP contribution in [0.15, 0.2) is 36.5 Å². The van der Waals surface area contributed by atoms with E-state index in [1.807, 2.05) is 0 Å². The third-order valence-corrected chi connectivity index (χ3v) is 11.9. The molecule has 10 heteroatoms. The van der Waals surface area contributed by atoms with Crippen LogP contribution in [-0.4, -0.2) is 36.4 Å².